The van der Waals surface area contributed by atoms with Crippen LogP contribution in [0.5, 0.6) is 11.5 Å². The number of ether oxygens (including phenoxy) is 2. The van der Waals surface area contributed by atoms with Crippen LogP contribution in [0.2, 0.25) is 0 Å². The first-order chi connectivity index (χ1) is 14.2. The molecule has 5 nitrogen and oxygen atoms in total. The molecule has 0 heterocycles. The lowest BCUT2D eigenvalue weighted by molar-refractivity contribution is 0.300. The van der Waals surface area contributed by atoms with Gasteiger partial charge >= 0.3 is 0 Å². The van der Waals surface area contributed by atoms with Gasteiger partial charge in [0, 0.05) is 5.56 Å². The van der Waals surface area contributed by atoms with Crippen LogP contribution in [-0.2, 0) is 0 Å². The van der Waals surface area contributed by atoms with Crippen LogP contribution in [0.25, 0.3) is 11.1 Å². The summed E-state index contributed by atoms with van der Waals surface area (Å²) in [5.74, 6) is 0.908. The van der Waals surface area contributed by atoms with Crippen molar-refractivity contribution in [2.45, 2.75) is 39.5 Å². The highest BCUT2D eigenvalue weighted by atomic mass is 16.5. The van der Waals surface area contributed by atoms with E-state index in [1.807, 2.05) is 50.5 Å². The molecule has 29 heavy (non-hydrogen) atoms. The number of nitrogens with one attached hydrogen (secondary N) is 1. The van der Waals surface area contributed by atoms with Gasteiger partial charge in [0.15, 0.2) is 0 Å². The van der Waals surface area contributed by atoms with E-state index in [1.54, 1.807) is 0 Å². The summed E-state index contributed by atoms with van der Waals surface area (Å²) in [4.78, 5) is 0. The van der Waals surface area contributed by atoms with Crippen molar-refractivity contribution in [2.75, 3.05) is 27.3 Å². The minimum Gasteiger partial charge on any atom is -0.492 e. The molecule has 1 N–H and O–H groups in total. The van der Waals surface area contributed by atoms with E-state index < -0.39 is 0 Å². The fraction of sp³-hybridized carbons (Fsp3) is 0.417. The number of hydrogen-bond donors (Lipinski definition) is 1. The van der Waals surface area contributed by atoms with Gasteiger partial charge in [0.05, 0.1) is 13.2 Å². The Morgan fingerprint density at radius 2 is 1.41 bits per heavy atom. The van der Waals surface area contributed by atoms with Gasteiger partial charge in [-0.05, 0) is 38.6 Å². The van der Waals surface area contributed by atoms with E-state index >= 15 is 0 Å². The molecule has 154 valence electrons. The summed E-state index contributed by atoms with van der Waals surface area (Å²) >= 11 is 0. The Bertz CT molecular complexity index is 821. The number of nitriles is 2. The van der Waals surface area contributed by atoms with Crippen LogP contribution in [0.1, 0.15) is 50.7 Å². The van der Waals surface area contributed by atoms with E-state index in [9.17, 15) is 10.5 Å². The number of nitrogens with zero attached hydrogens (tertiary/aromatic N) is 2. The summed E-state index contributed by atoms with van der Waals surface area (Å²) < 4.78 is 11.8. The van der Waals surface area contributed by atoms with E-state index in [1.165, 1.54) is 0 Å². The lowest BCUT2D eigenvalue weighted by atomic mass is 9.97. The minimum atomic E-state index is 0.245. The Labute approximate surface area is 174 Å². The molecular formula is C24H31N3O2. The van der Waals surface area contributed by atoms with E-state index in [0.717, 1.165) is 36.8 Å². The summed E-state index contributed by atoms with van der Waals surface area (Å²) in [5.41, 5.74) is 2.20. The van der Waals surface area contributed by atoms with Crippen molar-refractivity contribution in [3.05, 3.63) is 47.5 Å². The van der Waals surface area contributed by atoms with Crippen LogP contribution < -0.4 is 14.8 Å². The molecule has 0 atom stereocenters. The van der Waals surface area contributed by atoms with Crippen molar-refractivity contribution >= 4 is 0 Å². The topological polar surface area (TPSA) is 78.1 Å². The maximum Gasteiger partial charge on any atom is 0.146 e. The lowest BCUT2D eigenvalue weighted by Gasteiger charge is -2.17. The first-order valence-electron chi connectivity index (χ1n) is 10.1. The van der Waals surface area contributed by atoms with Crippen LogP contribution in [0.15, 0.2) is 36.4 Å². The van der Waals surface area contributed by atoms with Crippen molar-refractivity contribution in [1.82, 2.24) is 5.32 Å². The molecule has 0 bridgehead atoms. The van der Waals surface area contributed by atoms with Crippen LogP contribution in [0.3, 0.4) is 0 Å². The molecule has 0 saturated carbocycles. The molecule has 0 aromatic heterocycles. The SMILES string of the molecule is CCCCOc1cc(-c2ccccc2)c(OCCCC)c(C#N)c1C#N.CNC. The zero-order valence-corrected chi connectivity index (χ0v) is 17.9. The minimum absolute atomic E-state index is 0.245. The quantitative estimate of drug-likeness (QED) is 0.586. The Hall–Kier alpha value is -3.02. The Morgan fingerprint density at radius 1 is 0.862 bits per heavy atom. The molecule has 5 heteroatoms. The lowest BCUT2D eigenvalue weighted by Crippen LogP contribution is -2.05. The van der Waals surface area contributed by atoms with Gasteiger partial charge in [0.25, 0.3) is 0 Å². The molecule has 0 aliphatic rings. The third kappa shape index (κ3) is 7.14. The molecule has 0 fully saturated rings. The first kappa shape index (κ1) is 24.0. The summed E-state index contributed by atoms with van der Waals surface area (Å²) in [6.07, 6.45) is 3.76. The van der Waals surface area contributed by atoms with Crippen LogP contribution in [0.4, 0.5) is 0 Å². The summed E-state index contributed by atoms with van der Waals surface area (Å²) in [5, 5.41) is 22.1. The van der Waals surface area contributed by atoms with Crippen molar-refractivity contribution in [2.24, 2.45) is 0 Å². The smallest absolute Gasteiger partial charge is 0.146 e. The predicted molar refractivity (Wildman–Crippen MR) is 117 cm³/mol. The molecule has 2 aromatic rings. The van der Waals surface area contributed by atoms with E-state index in [2.05, 4.69) is 31.3 Å². The average Bonchev–Trinajstić information content (AvgIpc) is 2.75. The third-order valence-electron chi connectivity index (χ3n) is 4.05. The fourth-order valence-electron chi connectivity index (χ4n) is 2.60. The van der Waals surface area contributed by atoms with E-state index in [0.29, 0.717) is 24.7 Å². The van der Waals surface area contributed by atoms with Gasteiger partial charge in [-0.3, -0.25) is 0 Å². The van der Waals surface area contributed by atoms with Gasteiger partial charge in [-0.1, -0.05) is 57.0 Å². The second kappa shape index (κ2) is 14.0. The fourth-order valence-corrected chi connectivity index (χ4v) is 2.60. The number of hydrogen-bond acceptors (Lipinski definition) is 5. The molecule has 2 rings (SSSR count). The highest BCUT2D eigenvalue weighted by molar-refractivity contribution is 5.79. The second-order valence-corrected chi connectivity index (χ2v) is 6.50. The van der Waals surface area contributed by atoms with Gasteiger partial charge < -0.3 is 14.8 Å². The van der Waals surface area contributed by atoms with Crippen LogP contribution in [0, 0.1) is 22.7 Å². The number of unbranched alkanes of at least 4 members (excludes halogenated alkanes) is 2. The van der Waals surface area contributed by atoms with Crippen molar-refractivity contribution in [1.29, 1.82) is 10.5 Å². The number of rotatable bonds is 9. The van der Waals surface area contributed by atoms with Crippen molar-refractivity contribution in [3.8, 4) is 34.8 Å². The maximum atomic E-state index is 9.72. The predicted octanol–water partition coefficient (Wildman–Crippen LogP) is 5.29. The molecule has 0 saturated heterocycles. The largest absolute Gasteiger partial charge is 0.492 e. The molecular weight excluding hydrogens is 362 g/mol. The second-order valence-electron chi connectivity index (χ2n) is 6.50. The zero-order valence-electron chi connectivity index (χ0n) is 17.9. The van der Waals surface area contributed by atoms with Gasteiger partial charge in [0.2, 0.25) is 0 Å². The molecule has 0 aliphatic heterocycles. The third-order valence-corrected chi connectivity index (χ3v) is 4.05. The summed E-state index contributed by atoms with van der Waals surface area (Å²) in [6.45, 7) is 5.18. The molecule has 0 radical (unpaired) electrons. The Balaban J connectivity index is 0.00000132. The standard InChI is InChI=1S/C22H24N2O2.C2H7N/c1-3-5-12-25-21-14-18(17-10-8-7-9-11-17)22(26-13-6-4-2)20(16-24)19(21)15-23;1-3-2/h7-11,14H,3-6,12-13H2,1-2H3;3H,1-2H3. The highest BCUT2D eigenvalue weighted by Gasteiger charge is 2.21. The van der Waals surface area contributed by atoms with E-state index in [-0.39, 0.29) is 11.1 Å². The highest BCUT2D eigenvalue weighted by Crippen LogP contribution is 2.40. The number of benzene rings is 2. The van der Waals surface area contributed by atoms with E-state index in [4.69, 9.17) is 9.47 Å². The van der Waals surface area contributed by atoms with Gasteiger partial charge in [0.1, 0.15) is 34.8 Å². The van der Waals surface area contributed by atoms with Crippen molar-refractivity contribution < 1.29 is 9.47 Å². The normalized spacial score (nSPS) is 9.59. The summed E-state index contributed by atoms with van der Waals surface area (Å²) in [6, 6.07) is 15.8. The Kier molecular flexibility index (Phi) is 11.6. The first-order valence-corrected chi connectivity index (χ1v) is 10.1. The van der Waals surface area contributed by atoms with Crippen LogP contribution in [-0.4, -0.2) is 27.3 Å². The summed E-state index contributed by atoms with van der Waals surface area (Å²) in [7, 11) is 3.75. The molecule has 0 unspecified atom stereocenters. The zero-order chi connectivity index (χ0) is 21.5. The molecule has 0 aliphatic carbocycles. The van der Waals surface area contributed by atoms with Crippen LogP contribution >= 0.6 is 0 Å². The monoisotopic (exact) mass is 393 g/mol. The van der Waals surface area contributed by atoms with Gasteiger partial charge in [-0.15, -0.1) is 0 Å². The molecule has 2 aromatic carbocycles. The maximum absolute atomic E-state index is 9.72. The molecule has 0 spiro atoms. The molecule has 0 amide bonds. The Morgan fingerprint density at radius 3 is 1.93 bits per heavy atom. The van der Waals surface area contributed by atoms with Gasteiger partial charge in [-0.25, -0.2) is 0 Å². The van der Waals surface area contributed by atoms with Gasteiger partial charge in [-0.2, -0.15) is 10.5 Å². The van der Waals surface area contributed by atoms with Crippen molar-refractivity contribution in [3.63, 3.8) is 0 Å². The average molecular weight is 394 g/mol.